The number of unbranched alkanes of at least 4 members (excludes halogenated alkanes) is 1. The topological polar surface area (TPSA) is 70.8 Å². The monoisotopic (exact) mass is 219 g/mol. The molecule has 2 N–H and O–H groups in total. The summed E-state index contributed by atoms with van der Waals surface area (Å²) in [5.41, 5.74) is 4.93. The minimum Gasteiger partial charge on any atom is -0.368 e. The fourth-order valence-corrected chi connectivity index (χ4v) is 0.945. The Morgan fingerprint density at radius 3 is 2.60 bits per heavy atom. The number of hydrogen-bond acceptors (Lipinski definition) is 4. The highest BCUT2D eigenvalue weighted by molar-refractivity contribution is 5.74. The summed E-state index contributed by atoms with van der Waals surface area (Å²) in [5.74, 6) is -0.487. The van der Waals surface area contributed by atoms with Crippen molar-refractivity contribution in [3.63, 3.8) is 0 Å². The van der Waals surface area contributed by atoms with Gasteiger partial charge in [0.15, 0.2) is 6.29 Å². The van der Waals surface area contributed by atoms with Gasteiger partial charge in [-0.3, -0.25) is 4.79 Å². The van der Waals surface area contributed by atoms with Gasteiger partial charge < -0.3 is 19.9 Å². The summed E-state index contributed by atoms with van der Waals surface area (Å²) in [6.07, 6.45) is 1.65. The molecule has 15 heavy (non-hydrogen) atoms. The fourth-order valence-electron chi connectivity index (χ4n) is 0.945. The smallest absolute Gasteiger partial charge is 0.243 e. The van der Waals surface area contributed by atoms with Crippen molar-refractivity contribution in [3.05, 3.63) is 0 Å². The largest absolute Gasteiger partial charge is 0.368 e. The molecule has 0 saturated carbocycles. The summed E-state index contributed by atoms with van der Waals surface area (Å²) < 4.78 is 15.7. The summed E-state index contributed by atoms with van der Waals surface area (Å²) in [6, 6.07) is 0. The maximum atomic E-state index is 10.4. The molecule has 0 bridgehead atoms. The van der Waals surface area contributed by atoms with E-state index < -0.39 is 12.2 Å². The van der Waals surface area contributed by atoms with E-state index in [4.69, 9.17) is 19.9 Å². The lowest BCUT2D eigenvalue weighted by molar-refractivity contribution is -0.171. The van der Waals surface area contributed by atoms with E-state index in [1.807, 2.05) is 6.92 Å². The highest BCUT2D eigenvalue weighted by Crippen LogP contribution is 1.99. The van der Waals surface area contributed by atoms with Crippen LogP contribution < -0.4 is 5.73 Å². The van der Waals surface area contributed by atoms with Crippen LogP contribution in [0.5, 0.6) is 0 Å². The first-order valence-electron chi connectivity index (χ1n) is 5.29. The van der Waals surface area contributed by atoms with Gasteiger partial charge in [-0.05, 0) is 13.3 Å². The lowest BCUT2D eigenvalue weighted by Crippen LogP contribution is -2.27. The molecule has 5 nitrogen and oxygen atoms in total. The van der Waals surface area contributed by atoms with Crippen LogP contribution in [0.25, 0.3) is 0 Å². The van der Waals surface area contributed by atoms with Crippen molar-refractivity contribution in [1.82, 2.24) is 0 Å². The highest BCUT2D eigenvalue weighted by Gasteiger charge is 2.09. The Kier molecular flexibility index (Phi) is 9.46. The van der Waals surface area contributed by atoms with Gasteiger partial charge in [-0.15, -0.1) is 0 Å². The number of primary amides is 1. The molecule has 0 aliphatic heterocycles. The molecule has 0 spiro atoms. The van der Waals surface area contributed by atoms with Gasteiger partial charge >= 0.3 is 0 Å². The van der Waals surface area contributed by atoms with Crippen molar-refractivity contribution in [3.8, 4) is 0 Å². The lowest BCUT2D eigenvalue weighted by Gasteiger charge is -2.17. The summed E-state index contributed by atoms with van der Waals surface area (Å²) in [6.45, 7) is 5.30. The van der Waals surface area contributed by atoms with Gasteiger partial charge in [0.1, 0.15) is 6.61 Å². The zero-order valence-electron chi connectivity index (χ0n) is 9.53. The van der Waals surface area contributed by atoms with E-state index in [1.165, 1.54) is 0 Å². The average Bonchev–Trinajstić information content (AvgIpc) is 2.17. The van der Waals surface area contributed by atoms with Crippen molar-refractivity contribution < 1.29 is 19.0 Å². The van der Waals surface area contributed by atoms with E-state index in [0.29, 0.717) is 13.2 Å². The summed E-state index contributed by atoms with van der Waals surface area (Å²) in [4.78, 5) is 10.4. The van der Waals surface area contributed by atoms with Gasteiger partial charge in [0.25, 0.3) is 0 Å². The third-order valence-electron chi connectivity index (χ3n) is 1.65. The number of hydrogen-bond donors (Lipinski definition) is 1. The summed E-state index contributed by atoms with van der Waals surface area (Å²) in [5, 5.41) is 0. The Hall–Kier alpha value is -0.650. The van der Waals surface area contributed by atoms with Crippen molar-refractivity contribution in [2.45, 2.75) is 33.0 Å². The van der Waals surface area contributed by atoms with Crippen LogP contribution in [0.3, 0.4) is 0 Å². The number of ether oxygens (including phenoxy) is 3. The molecule has 5 heteroatoms. The second kappa shape index (κ2) is 9.89. The van der Waals surface area contributed by atoms with Crippen LogP contribution in [0.4, 0.5) is 0 Å². The molecule has 90 valence electrons. The minimum absolute atomic E-state index is 0.0965. The zero-order chi connectivity index (χ0) is 11.5. The predicted molar refractivity (Wildman–Crippen MR) is 56.3 cm³/mol. The molecule has 0 saturated heterocycles. The molecular formula is C10H21NO4. The molecule has 0 aromatic heterocycles. The Balaban J connectivity index is 3.57. The number of carbonyl (C=O) groups is 1. The van der Waals surface area contributed by atoms with Gasteiger partial charge in [-0.2, -0.15) is 0 Å². The average molecular weight is 219 g/mol. The third-order valence-corrected chi connectivity index (χ3v) is 1.65. The fraction of sp³-hybridized carbons (Fsp3) is 0.900. The van der Waals surface area contributed by atoms with Crippen LogP contribution in [0.15, 0.2) is 0 Å². The predicted octanol–water partition coefficient (Wildman–Crippen LogP) is 0.668. The molecule has 1 atom stereocenters. The Morgan fingerprint density at radius 2 is 2.07 bits per heavy atom. The van der Waals surface area contributed by atoms with Crippen LogP contribution in [0.1, 0.15) is 26.7 Å². The first kappa shape index (κ1) is 14.3. The standard InChI is InChI=1S/C10H21NO4/c1-3-5-6-15-10(14-4-2)8-13-7-9(11)12/h10H,3-8H2,1-2H3,(H2,11,12). The molecule has 0 aromatic rings. The molecule has 0 aromatic carbocycles. The Morgan fingerprint density at radius 1 is 1.33 bits per heavy atom. The second-order valence-corrected chi connectivity index (χ2v) is 3.09. The molecule has 0 aliphatic carbocycles. The van der Waals surface area contributed by atoms with Crippen LogP contribution in [-0.4, -0.2) is 38.6 Å². The lowest BCUT2D eigenvalue weighted by atomic mass is 10.4. The van der Waals surface area contributed by atoms with E-state index in [9.17, 15) is 4.79 Å². The van der Waals surface area contributed by atoms with Crippen LogP contribution in [0, 0.1) is 0 Å². The van der Waals surface area contributed by atoms with E-state index in [-0.39, 0.29) is 13.2 Å². The number of carbonyl (C=O) groups excluding carboxylic acids is 1. The number of nitrogens with two attached hydrogens (primary N) is 1. The quantitative estimate of drug-likeness (QED) is 0.433. The molecule has 0 aliphatic rings. The highest BCUT2D eigenvalue weighted by atomic mass is 16.7. The number of amides is 1. The van der Waals surface area contributed by atoms with E-state index in [0.717, 1.165) is 12.8 Å². The molecular weight excluding hydrogens is 198 g/mol. The first-order valence-corrected chi connectivity index (χ1v) is 5.29. The van der Waals surface area contributed by atoms with Gasteiger partial charge in [0.05, 0.1) is 6.61 Å². The van der Waals surface area contributed by atoms with E-state index in [1.54, 1.807) is 0 Å². The maximum Gasteiger partial charge on any atom is 0.243 e. The maximum absolute atomic E-state index is 10.4. The van der Waals surface area contributed by atoms with E-state index in [2.05, 4.69) is 6.92 Å². The van der Waals surface area contributed by atoms with E-state index >= 15 is 0 Å². The molecule has 1 amide bonds. The third kappa shape index (κ3) is 9.65. The zero-order valence-corrected chi connectivity index (χ0v) is 9.53. The van der Waals surface area contributed by atoms with Crippen LogP contribution >= 0.6 is 0 Å². The van der Waals surface area contributed by atoms with Crippen molar-refractivity contribution in [1.29, 1.82) is 0 Å². The van der Waals surface area contributed by atoms with Gasteiger partial charge in [-0.25, -0.2) is 0 Å². The minimum atomic E-state index is -0.487. The molecule has 0 radical (unpaired) electrons. The van der Waals surface area contributed by atoms with Crippen LogP contribution in [0.2, 0.25) is 0 Å². The molecule has 0 fully saturated rings. The Labute approximate surface area is 90.9 Å². The van der Waals surface area contributed by atoms with Gasteiger partial charge in [-0.1, -0.05) is 13.3 Å². The number of rotatable bonds is 10. The first-order chi connectivity index (χ1) is 7.20. The molecule has 0 rings (SSSR count). The normalized spacial score (nSPS) is 12.7. The second-order valence-electron chi connectivity index (χ2n) is 3.09. The SMILES string of the molecule is CCCCOC(COCC(N)=O)OCC. The van der Waals surface area contributed by atoms with Crippen molar-refractivity contribution >= 4 is 5.91 Å². The van der Waals surface area contributed by atoms with Crippen LogP contribution in [-0.2, 0) is 19.0 Å². The molecule has 1 unspecified atom stereocenters. The summed E-state index contributed by atoms with van der Waals surface area (Å²) >= 11 is 0. The van der Waals surface area contributed by atoms with Crippen molar-refractivity contribution in [2.75, 3.05) is 26.4 Å². The summed E-state index contributed by atoms with van der Waals surface area (Å²) in [7, 11) is 0. The molecule has 0 heterocycles. The Bertz CT molecular complexity index is 164. The van der Waals surface area contributed by atoms with Crippen molar-refractivity contribution in [2.24, 2.45) is 5.73 Å². The van der Waals surface area contributed by atoms with Gasteiger partial charge in [0, 0.05) is 13.2 Å². The van der Waals surface area contributed by atoms with Gasteiger partial charge in [0.2, 0.25) is 5.91 Å².